The minimum atomic E-state index is -0.699. The smallest absolute Gasteiger partial charge is 0.240 e. The fourth-order valence-corrected chi connectivity index (χ4v) is 1.82. The van der Waals surface area contributed by atoms with E-state index in [4.69, 9.17) is 22.2 Å². The number of nitrogens with one attached hydrogen (secondary N) is 2. The van der Waals surface area contributed by atoms with E-state index in [1.165, 1.54) is 0 Å². The first-order valence-corrected chi connectivity index (χ1v) is 6.32. The van der Waals surface area contributed by atoms with Crippen molar-refractivity contribution >= 4 is 17.5 Å². The third-order valence-electron chi connectivity index (χ3n) is 2.59. The molecule has 6 heteroatoms. The summed E-state index contributed by atoms with van der Waals surface area (Å²) in [5.74, 6) is -0.000300. The Balaban J connectivity index is 1.95. The molecule has 0 aliphatic rings. The summed E-state index contributed by atoms with van der Waals surface area (Å²) in [7, 11) is 0. The highest BCUT2D eigenvalue weighted by Crippen LogP contribution is 2.16. The van der Waals surface area contributed by atoms with E-state index >= 15 is 0 Å². The van der Waals surface area contributed by atoms with Crippen LogP contribution in [-0.4, -0.2) is 5.91 Å². The average molecular weight is 292 g/mol. The Morgan fingerprint density at radius 3 is 2.55 bits per heavy atom. The number of carbonyl (C=O) groups excluding carboxylic acids is 1. The summed E-state index contributed by atoms with van der Waals surface area (Å²) in [6, 6.07) is 15.2. The zero-order valence-electron chi connectivity index (χ0n) is 10.5. The average Bonchev–Trinajstić information content (AvgIpc) is 2.44. The highest BCUT2D eigenvalue weighted by molar-refractivity contribution is 6.30. The van der Waals surface area contributed by atoms with E-state index < -0.39 is 11.9 Å². The van der Waals surface area contributed by atoms with Crippen LogP contribution >= 0.6 is 11.6 Å². The molecule has 1 atom stereocenters. The summed E-state index contributed by atoms with van der Waals surface area (Å²) in [5, 5.41) is 0.554. The molecule has 2 aromatic rings. The molecule has 0 aliphatic carbocycles. The maximum absolute atomic E-state index is 11.4. The first-order chi connectivity index (χ1) is 9.66. The zero-order chi connectivity index (χ0) is 14.4. The molecule has 0 aliphatic heterocycles. The Hall–Kier alpha value is -2.08. The quantitative estimate of drug-likeness (QED) is 0.711. The Morgan fingerprint density at radius 1 is 1.15 bits per heavy atom. The van der Waals surface area contributed by atoms with E-state index in [1.807, 2.05) is 18.2 Å². The highest BCUT2D eigenvalue weighted by Gasteiger charge is 2.16. The van der Waals surface area contributed by atoms with E-state index in [0.29, 0.717) is 10.8 Å². The third kappa shape index (κ3) is 3.96. The number of amides is 1. The molecule has 0 spiro atoms. The van der Waals surface area contributed by atoms with Crippen molar-refractivity contribution in [3.05, 3.63) is 65.2 Å². The number of nitrogens with two attached hydrogens (primary N) is 1. The maximum Gasteiger partial charge on any atom is 0.240 e. The van der Waals surface area contributed by atoms with Gasteiger partial charge in [-0.1, -0.05) is 53.6 Å². The summed E-state index contributed by atoms with van der Waals surface area (Å²) in [4.78, 5) is 16.7. The fraction of sp³-hybridized carbons (Fsp3) is 0.0714. The molecule has 5 nitrogen and oxygen atoms in total. The van der Waals surface area contributed by atoms with Crippen molar-refractivity contribution in [3.8, 4) is 5.75 Å². The molecular weight excluding hydrogens is 278 g/mol. The predicted octanol–water partition coefficient (Wildman–Crippen LogP) is 1.95. The maximum atomic E-state index is 11.4. The number of carbonyl (C=O) groups is 1. The molecule has 0 radical (unpaired) electrons. The Kier molecular flexibility index (Phi) is 4.95. The lowest BCUT2D eigenvalue weighted by Crippen LogP contribution is -2.43. The number of hydrogen-bond acceptors (Lipinski definition) is 4. The van der Waals surface area contributed by atoms with Crippen molar-refractivity contribution < 1.29 is 9.63 Å². The van der Waals surface area contributed by atoms with Gasteiger partial charge in [-0.15, -0.1) is 0 Å². The number of rotatable bonds is 6. The van der Waals surface area contributed by atoms with E-state index in [2.05, 4.69) is 11.0 Å². The van der Waals surface area contributed by atoms with Gasteiger partial charge in [0.05, 0.1) is 0 Å². The first-order valence-electron chi connectivity index (χ1n) is 5.94. The van der Waals surface area contributed by atoms with Gasteiger partial charge in [-0.3, -0.25) is 4.79 Å². The fourth-order valence-electron chi connectivity index (χ4n) is 1.64. The second kappa shape index (κ2) is 6.91. The Bertz CT molecular complexity index is 578. The number of hydrogen-bond donors (Lipinski definition) is 3. The number of hydrazine groups is 1. The molecule has 0 heterocycles. The van der Waals surface area contributed by atoms with Crippen molar-refractivity contribution in [3.63, 3.8) is 0 Å². The summed E-state index contributed by atoms with van der Waals surface area (Å²) < 4.78 is 0. The van der Waals surface area contributed by atoms with E-state index in [-0.39, 0.29) is 0 Å². The SMILES string of the molecule is NC(=O)C(NNOc1cccc(Cl)c1)c1ccccc1. The van der Waals surface area contributed by atoms with Gasteiger partial charge in [0.1, 0.15) is 11.8 Å². The van der Waals surface area contributed by atoms with Crippen LogP contribution in [0.1, 0.15) is 11.6 Å². The van der Waals surface area contributed by atoms with Gasteiger partial charge in [0.15, 0.2) is 0 Å². The molecule has 0 saturated heterocycles. The van der Waals surface area contributed by atoms with Gasteiger partial charge < -0.3 is 10.6 Å². The molecule has 20 heavy (non-hydrogen) atoms. The van der Waals surface area contributed by atoms with Crippen LogP contribution < -0.4 is 21.6 Å². The zero-order valence-corrected chi connectivity index (χ0v) is 11.3. The molecule has 104 valence electrons. The predicted molar refractivity (Wildman–Crippen MR) is 76.7 cm³/mol. The van der Waals surface area contributed by atoms with Crippen molar-refractivity contribution in [2.45, 2.75) is 6.04 Å². The molecule has 1 amide bonds. The number of halogens is 1. The third-order valence-corrected chi connectivity index (χ3v) is 2.82. The van der Waals surface area contributed by atoms with Crippen LogP contribution in [0.25, 0.3) is 0 Å². The van der Waals surface area contributed by atoms with E-state index in [9.17, 15) is 4.79 Å². The van der Waals surface area contributed by atoms with Crippen molar-refractivity contribution in [2.75, 3.05) is 0 Å². The molecule has 0 fully saturated rings. The molecule has 0 saturated carbocycles. The van der Waals surface area contributed by atoms with Crippen molar-refractivity contribution in [1.82, 2.24) is 11.0 Å². The van der Waals surface area contributed by atoms with Gasteiger partial charge in [-0.05, 0) is 17.7 Å². The molecule has 1 unspecified atom stereocenters. The summed E-state index contributed by atoms with van der Waals surface area (Å²) in [6.45, 7) is 0. The second-order valence-corrected chi connectivity index (χ2v) is 4.49. The molecule has 4 N–H and O–H groups in total. The van der Waals surface area contributed by atoms with E-state index in [1.54, 1.807) is 36.4 Å². The normalized spacial score (nSPS) is 11.8. The monoisotopic (exact) mass is 291 g/mol. The van der Waals surface area contributed by atoms with Crippen molar-refractivity contribution in [1.29, 1.82) is 0 Å². The van der Waals surface area contributed by atoms with Gasteiger partial charge in [0, 0.05) is 11.1 Å². The summed E-state index contributed by atoms with van der Waals surface area (Å²) in [6.07, 6.45) is 0. The van der Waals surface area contributed by atoms with Crippen LogP contribution in [0.3, 0.4) is 0 Å². The van der Waals surface area contributed by atoms with Crippen LogP contribution in [0.5, 0.6) is 5.75 Å². The molecule has 0 aromatic heterocycles. The van der Waals surface area contributed by atoms with E-state index in [0.717, 1.165) is 5.56 Å². The van der Waals surface area contributed by atoms with Crippen molar-refractivity contribution in [2.24, 2.45) is 5.73 Å². The number of benzene rings is 2. The van der Waals surface area contributed by atoms with Crippen LogP contribution in [0.4, 0.5) is 0 Å². The Morgan fingerprint density at radius 2 is 1.90 bits per heavy atom. The molecule has 2 rings (SSSR count). The Labute approximate surface area is 121 Å². The largest absolute Gasteiger partial charge is 0.394 e. The standard InChI is InChI=1S/C14H14ClN3O2/c15-11-7-4-8-12(9-11)20-18-17-13(14(16)19)10-5-2-1-3-6-10/h1-9,13,17-18H,(H2,16,19). The summed E-state index contributed by atoms with van der Waals surface area (Å²) in [5.41, 5.74) is 11.3. The van der Waals surface area contributed by atoms with Crippen LogP contribution in [-0.2, 0) is 4.79 Å². The highest BCUT2D eigenvalue weighted by atomic mass is 35.5. The van der Waals surface area contributed by atoms with Gasteiger partial charge in [-0.2, -0.15) is 0 Å². The minimum Gasteiger partial charge on any atom is -0.394 e. The van der Waals surface area contributed by atoms with Gasteiger partial charge in [0.2, 0.25) is 5.91 Å². The van der Waals surface area contributed by atoms with Gasteiger partial charge in [0.25, 0.3) is 0 Å². The summed E-state index contributed by atoms with van der Waals surface area (Å²) >= 11 is 5.83. The molecule has 2 aromatic carbocycles. The molecule has 0 bridgehead atoms. The molecular formula is C14H14ClN3O2. The minimum absolute atomic E-state index is 0.515. The van der Waals surface area contributed by atoms with Gasteiger partial charge >= 0.3 is 0 Å². The van der Waals surface area contributed by atoms with Crippen LogP contribution in [0.15, 0.2) is 54.6 Å². The lowest BCUT2D eigenvalue weighted by Gasteiger charge is -2.16. The van der Waals surface area contributed by atoms with Crippen LogP contribution in [0.2, 0.25) is 5.02 Å². The van der Waals surface area contributed by atoms with Crippen LogP contribution in [0, 0.1) is 0 Å². The first kappa shape index (κ1) is 14.3. The second-order valence-electron chi connectivity index (χ2n) is 4.05. The topological polar surface area (TPSA) is 76.4 Å². The van der Waals surface area contributed by atoms with Gasteiger partial charge in [-0.25, -0.2) is 5.43 Å². The lowest BCUT2D eigenvalue weighted by molar-refractivity contribution is -0.121. The number of primary amides is 1. The lowest BCUT2D eigenvalue weighted by atomic mass is 10.1.